The maximum absolute atomic E-state index is 11.8. The van der Waals surface area contributed by atoms with Gasteiger partial charge in [0.2, 0.25) is 5.91 Å². The molecular weight excluding hydrogens is 264 g/mol. The number of hydrogen-bond acceptors (Lipinski definition) is 3. The number of amides is 1. The van der Waals surface area contributed by atoms with E-state index in [1.807, 2.05) is 19.9 Å². The predicted octanol–water partition coefficient (Wildman–Crippen LogP) is 2.04. The highest BCUT2D eigenvalue weighted by Gasteiger charge is 2.13. The highest BCUT2D eigenvalue weighted by Crippen LogP contribution is 2.26. The van der Waals surface area contributed by atoms with Crippen LogP contribution in [0.4, 0.5) is 5.69 Å². The normalized spacial score (nSPS) is 10.6. The molecule has 0 radical (unpaired) electrons. The van der Waals surface area contributed by atoms with Gasteiger partial charge in [0.25, 0.3) is 0 Å². The number of benzene rings is 1. The molecule has 2 N–H and O–H groups in total. The molecule has 0 heterocycles. The van der Waals surface area contributed by atoms with Crippen LogP contribution in [0.15, 0.2) is 18.2 Å². The van der Waals surface area contributed by atoms with Gasteiger partial charge in [-0.05, 0) is 18.1 Å². The van der Waals surface area contributed by atoms with E-state index in [0.29, 0.717) is 23.0 Å². The van der Waals surface area contributed by atoms with Crippen LogP contribution in [-0.4, -0.2) is 31.2 Å². The van der Waals surface area contributed by atoms with Gasteiger partial charge < -0.3 is 15.3 Å². The molecule has 19 heavy (non-hydrogen) atoms. The van der Waals surface area contributed by atoms with E-state index in [4.69, 9.17) is 11.6 Å². The number of rotatable bonds is 6. The molecule has 0 saturated carbocycles. The van der Waals surface area contributed by atoms with Gasteiger partial charge in [-0.25, -0.2) is 0 Å². The Kier molecular flexibility index (Phi) is 6.12. The monoisotopic (exact) mass is 284 g/mol. The Hall–Kier alpha value is -1.26. The van der Waals surface area contributed by atoms with Crippen molar-refractivity contribution in [3.8, 4) is 0 Å². The lowest BCUT2D eigenvalue weighted by Crippen LogP contribution is -2.37. The van der Waals surface area contributed by atoms with E-state index in [0.717, 1.165) is 5.69 Å². The summed E-state index contributed by atoms with van der Waals surface area (Å²) in [6.45, 7) is 4.84. The van der Waals surface area contributed by atoms with Crippen LogP contribution >= 0.6 is 11.6 Å². The highest BCUT2D eigenvalue weighted by molar-refractivity contribution is 6.31. The van der Waals surface area contributed by atoms with Gasteiger partial charge >= 0.3 is 0 Å². The molecule has 0 aliphatic rings. The zero-order chi connectivity index (χ0) is 14.4. The number of nitrogens with one attached hydrogen (secondary N) is 1. The zero-order valence-electron chi connectivity index (χ0n) is 11.6. The summed E-state index contributed by atoms with van der Waals surface area (Å²) >= 11 is 6.03. The van der Waals surface area contributed by atoms with Gasteiger partial charge in [0, 0.05) is 29.9 Å². The molecule has 0 saturated heterocycles. The molecule has 4 nitrogen and oxygen atoms in total. The number of likely N-dealkylation sites (N-methyl/N-ethyl adjacent to an activating group) is 1. The van der Waals surface area contributed by atoms with Crippen LogP contribution in [0, 0.1) is 5.92 Å². The second-order valence-electron chi connectivity index (χ2n) is 4.95. The number of aliphatic hydroxyl groups excluding tert-OH is 1. The Morgan fingerprint density at radius 3 is 2.74 bits per heavy atom. The standard InChI is InChI=1S/C14H21ClN2O2/c1-10(2)7-16-14(19)8-17(3)13-6-4-5-12(15)11(13)9-18/h4-6,10,18H,7-9H2,1-3H3,(H,16,19). The first-order valence-electron chi connectivity index (χ1n) is 6.31. The predicted molar refractivity (Wildman–Crippen MR) is 78.5 cm³/mol. The number of carbonyl (C=O) groups excluding carboxylic acids is 1. The lowest BCUT2D eigenvalue weighted by molar-refractivity contribution is -0.119. The molecule has 0 fully saturated rings. The highest BCUT2D eigenvalue weighted by atomic mass is 35.5. The van der Waals surface area contributed by atoms with Gasteiger partial charge in [0.1, 0.15) is 0 Å². The number of anilines is 1. The van der Waals surface area contributed by atoms with Crippen molar-refractivity contribution in [2.75, 3.05) is 25.0 Å². The minimum absolute atomic E-state index is 0.0416. The van der Waals surface area contributed by atoms with Crippen LogP contribution in [0.1, 0.15) is 19.4 Å². The number of nitrogens with zero attached hydrogens (tertiary/aromatic N) is 1. The molecule has 1 aromatic carbocycles. The third-order valence-corrected chi connectivity index (χ3v) is 3.11. The summed E-state index contributed by atoms with van der Waals surface area (Å²) in [6.07, 6.45) is 0. The number of aliphatic hydroxyl groups is 1. The summed E-state index contributed by atoms with van der Waals surface area (Å²) < 4.78 is 0. The number of hydrogen-bond donors (Lipinski definition) is 2. The van der Waals surface area contributed by atoms with Crippen molar-refractivity contribution in [1.29, 1.82) is 0 Å². The summed E-state index contributed by atoms with van der Waals surface area (Å²) in [4.78, 5) is 13.6. The Balaban J connectivity index is 2.70. The fraction of sp³-hybridized carbons (Fsp3) is 0.500. The van der Waals surface area contributed by atoms with Crippen LogP contribution in [-0.2, 0) is 11.4 Å². The molecule has 0 aliphatic carbocycles. The molecule has 0 spiro atoms. The minimum atomic E-state index is -0.146. The van der Waals surface area contributed by atoms with E-state index < -0.39 is 0 Å². The van der Waals surface area contributed by atoms with Gasteiger partial charge in [-0.2, -0.15) is 0 Å². The van der Waals surface area contributed by atoms with Crippen LogP contribution in [0.3, 0.4) is 0 Å². The summed E-state index contributed by atoms with van der Waals surface area (Å²) in [5, 5.41) is 12.7. The quantitative estimate of drug-likeness (QED) is 0.840. The van der Waals surface area contributed by atoms with Crippen molar-refractivity contribution >= 4 is 23.2 Å². The van der Waals surface area contributed by atoms with Crippen LogP contribution in [0.25, 0.3) is 0 Å². The summed E-state index contributed by atoms with van der Waals surface area (Å²) in [5.74, 6) is 0.383. The molecule has 0 atom stereocenters. The van der Waals surface area contributed by atoms with E-state index >= 15 is 0 Å². The summed E-state index contributed by atoms with van der Waals surface area (Å²) in [7, 11) is 1.81. The lowest BCUT2D eigenvalue weighted by Gasteiger charge is -2.22. The first-order chi connectivity index (χ1) is 8.95. The Morgan fingerprint density at radius 1 is 1.47 bits per heavy atom. The van der Waals surface area contributed by atoms with E-state index in [-0.39, 0.29) is 19.1 Å². The second kappa shape index (κ2) is 7.36. The number of halogens is 1. The maximum atomic E-state index is 11.8. The summed E-state index contributed by atoms with van der Waals surface area (Å²) in [5.41, 5.74) is 1.41. The fourth-order valence-electron chi connectivity index (χ4n) is 1.74. The van der Waals surface area contributed by atoms with Gasteiger partial charge in [0.05, 0.1) is 13.2 Å². The third-order valence-electron chi connectivity index (χ3n) is 2.75. The first kappa shape index (κ1) is 15.8. The number of carbonyl (C=O) groups is 1. The molecule has 5 heteroatoms. The van der Waals surface area contributed by atoms with Gasteiger partial charge in [-0.15, -0.1) is 0 Å². The van der Waals surface area contributed by atoms with Crippen molar-refractivity contribution in [2.45, 2.75) is 20.5 Å². The first-order valence-corrected chi connectivity index (χ1v) is 6.69. The minimum Gasteiger partial charge on any atom is -0.392 e. The van der Waals surface area contributed by atoms with E-state index in [1.54, 1.807) is 24.1 Å². The molecule has 0 bridgehead atoms. The Morgan fingerprint density at radius 2 is 2.16 bits per heavy atom. The SMILES string of the molecule is CC(C)CNC(=O)CN(C)c1cccc(Cl)c1CO. The van der Waals surface area contributed by atoms with Crippen molar-refractivity contribution in [2.24, 2.45) is 5.92 Å². The Bertz CT molecular complexity index is 435. The topological polar surface area (TPSA) is 52.6 Å². The molecular formula is C14H21ClN2O2. The molecule has 0 unspecified atom stereocenters. The molecule has 1 amide bonds. The van der Waals surface area contributed by atoms with Crippen LogP contribution in [0.5, 0.6) is 0 Å². The fourth-order valence-corrected chi connectivity index (χ4v) is 1.97. The average molecular weight is 285 g/mol. The van der Waals surface area contributed by atoms with Crippen molar-refractivity contribution in [3.63, 3.8) is 0 Å². The smallest absolute Gasteiger partial charge is 0.239 e. The van der Waals surface area contributed by atoms with E-state index in [9.17, 15) is 9.90 Å². The second-order valence-corrected chi connectivity index (χ2v) is 5.36. The van der Waals surface area contributed by atoms with Gasteiger partial charge in [-0.3, -0.25) is 4.79 Å². The molecule has 0 aliphatic heterocycles. The maximum Gasteiger partial charge on any atom is 0.239 e. The van der Waals surface area contributed by atoms with Crippen molar-refractivity contribution in [1.82, 2.24) is 5.32 Å². The molecule has 0 aromatic heterocycles. The molecule has 1 aromatic rings. The third kappa shape index (κ3) is 4.73. The average Bonchev–Trinajstić information content (AvgIpc) is 2.36. The van der Waals surface area contributed by atoms with Crippen molar-refractivity contribution in [3.05, 3.63) is 28.8 Å². The van der Waals surface area contributed by atoms with Crippen LogP contribution in [0.2, 0.25) is 5.02 Å². The van der Waals surface area contributed by atoms with Crippen molar-refractivity contribution < 1.29 is 9.90 Å². The zero-order valence-corrected chi connectivity index (χ0v) is 12.4. The van der Waals surface area contributed by atoms with Crippen LogP contribution < -0.4 is 10.2 Å². The van der Waals surface area contributed by atoms with Gasteiger partial charge in [0.15, 0.2) is 0 Å². The summed E-state index contributed by atoms with van der Waals surface area (Å²) in [6, 6.07) is 5.37. The molecule has 1 rings (SSSR count). The Labute approximate surface area is 119 Å². The van der Waals surface area contributed by atoms with E-state index in [1.165, 1.54) is 0 Å². The van der Waals surface area contributed by atoms with Gasteiger partial charge in [-0.1, -0.05) is 31.5 Å². The lowest BCUT2D eigenvalue weighted by atomic mass is 10.1. The molecule has 106 valence electrons. The largest absolute Gasteiger partial charge is 0.392 e. The van der Waals surface area contributed by atoms with E-state index in [2.05, 4.69) is 5.32 Å².